The molecule has 0 unspecified atom stereocenters. The zero-order chi connectivity index (χ0) is 17.0. The summed E-state index contributed by atoms with van der Waals surface area (Å²) in [4.78, 5) is 27.9. The number of carbonyl (C=O) groups excluding carboxylic acids is 1. The molecule has 0 atom stereocenters. The maximum Gasteiger partial charge on any atom is 0.303 e. The maximum absolute atomic E-state index is 11.8. The zero-order valence-electron chi connectivity index (χ0n) is 13.5. The molecule has 0 spiro atoms. The Balaban J connectivity index is 2.21. The van der Waals surface area contributed by atoms with E-state index in [-0.39, 0.29) is 18.7 Å². The number of amides is 1. The van der Waals surface area contributed by atoms with Crippen molar-refractivity contribution in [2.24, 2.45) is 0 Å². The highest BCUT2D eigenvalue weighted by Gasteiger charge is 2.14. The van der Waals surface area contributed by atoms with Crippen molar-refractivity contribution in [3.63, 3.8) is 0 Å². The number of aryl methyl sites for hydroxylation is 3. The molecule has 122 valence electrons. The van der Waals surface area contributed by atoms with Gasteiger partial charge in [-0.3, -0.25) is 9.59 Å². The van der Waals surface area contributed by atoms with Gasteiger partial charge in [-0.15, -0.1) is 11.3 Å². The van der Waals surface area contributed by atoms with Gasteiger partial charge in [-0.25, -0.2) is 4.98 Å². The number of thiazole rings is 1. The second kappa shape index (κ2) is 7.37. The van der Waals surface area contributed by atoms with E-state index in [4.69, 9.17) is 5.11 Å². The van der Waals surface area contributed by atoms with Gasteiger partial charge in [0.2, 0.25) is 5.91 Å². The number of carboxylic acid groups (broad SMARTS) is 1. The van der Waals surface area contributed by atoms with Crippen molar-refractivity contribution in [1.29, 1.82) is 0 Å². The van der Waals surface area contributed by atoms with Gasteiger partial charge in [-0.05, 0) is 37.5 Å². The summed E-state index contributed by atoms with van der Waals surface area (Å²) in [5.41, 5.74) is 4.34. The third-order valence-corrected chi connectivity index (χ3v) is 4.73. The van der Waals surface area contributed by atoms with Gasteiger partial charge in [0.05, 0.1) is 12.1 Å². The van der Waals surface area contributed by atoms with E-state index in [1.54, 1.807) is 0 Å². The largest absolute Gasteiger partial charge is 0.481 e. The predicted molar refractivity (Wildman–Crippen MR) is 91.9 cm³/mol. The number of hydrogen-bond acceptors (Lipinski definition) is 4. The molecule has 1 amide bonds. The Labute approximate surface area is 139 Å². The minimum atomic E-state index is -0.982. The number of aliphatic carboxylic acids is 1. The third-order valence-electron chi connectivity index (χ3n) is 3.61. The molecule has 6 heteroatoms. The van der Waals surface area contributed by atoms with Gasteiger partial charge < -0.3 is 10.4 Å². The van der Waals surface area contributed by atoms with E-state index in [9.17, 15) is 9.59 Å². The molecule has 2 rings (SSSR count). The van der Waals surface area contributed by atoms with Crippen LogP contribution in [0.25, 0.3) is 11.3 Å². The van der Waals surface area contributed by atoms with Crippen molar-refractivity contribution >= 4 is 28.3 Å². The predicted octanol–water partition coefficient (Wildman–Crippen LogP) is 3.79. The molecule has 0 fully saturated rings. The Kier molecular flexibility index (Phi) is 5.50. The fourth-order valence-corrected chi connectivity index (χ4v) is 3.10. The van der Waals surface area contributed by atoms with Crippen LogP contribution >= 0.6 is 11.3 Å². The molecule has 0 bridgehead atoms. The van der Waals surface area contributed by atoms with Crippen LogP contribution in [0.3, 0.4) is 0 Å². The first kappa shape index (κ1) is 17.1. The van der Waals surface area contributed by atoms with Gasteiger partial charge in [-0.2, -0.15) is 0 Å². The first-order chi connectivity index (χ1) is 10.9. The second-order valence-corrected chi connectivity index (χ2v) is 6.47. The highest BCUT2D eigenvalue weighted by atomic mass is 32.1. The van der Waals surface area contributed by atoms with Gasteiger partial charge in [0, 0.05) is 16.9 Å². The Morgan fingerprint density at radius 3 is 2.57 bits per heavy atom. The average Bonchev–Trinajstić information content (AvgIpc) is 2.91. The number of benzene rings is 1. The van der Waals surface area contributed by atoms with E-state index in [2.05, 4.69) is 36.3 Å². The number of aromatic nitrogens is 1. The molecule has 2 N–H and O–H groups in total. The lowest BCUT2D eigenvalue weighted by Crippen LogP contribution is -2.12. The molecular weight excluding hydrogens is 312 g/mol. The molecule has 5 nitrogen and oxygen atoms in total. The van der Waals surface area contributed by atoms with Gasteiger partial charge in [0.25, 0.3) is 0 Å². The zero-order valence-corrected chi connectivity index (χ0v) is 14.3. The monoisotopic (exact) mass is 332 g/mol. The van der Waals surface area contributed by atoms with Gasteiger partial charge >= 0.3 is 5.97 Å². The Morgan fingerprint density at radius 1 is 1.22 bits per heavy atom. The fourth-order valence-electron chi connectivity index (χ4n) is 2.16. The van der Waals surface area contributed by atoms with Crippen LogP contribution in [-0.2, 0) is 16.0 Å². The van der Waals surface area contributed by atoms with Crippen LogP contribution in [0.4, 0.5) is 5.13 Å². The maximum atomic E-state index is 11.8. The van der Waals surface area contributed by atoms with E-state index in [1.807, 2.05) is 13.0 Å². The molecule has 2 aromatic rings. The van der Waals surface area contributed by atoms with Crippen LogP contribution in [-0.4, -0.2) is 22.0 Å². The SMILES string of the molecule is CCc1sc(NC(=O)CCC(=O)O)nc1-c1ccc(C)c(C)c1. The van der Waals surface area contributed by atoms with E-state index in [1.165, 1.54) is 22.5 Å². The van der Waals surface area contributed by atoms with E-state index in [0.717, 1.165) is 22.6 Å². The summed E-state index contributed by atoms with van der Waals surface area (Å²) >= 11 is 1.44. The molecule has 0 aliphatic rings. The van der Waals surface area contributed by atoms with Crippen molar-refractivity contribution < 1.29 is 14.7 Å². The minimum absolute atomic E-state index is 0.0463. The van der Waals surface area contributed by atoms with Crippen LogP contribution in [0.2, 0.25) is 0 Å². The summed E-state index contributed by atoms with van der Waals surface area (Å²) in [6.07, 6.45) is 0.599. The number of nitrogens with one attached hydrogen (secondary N) is 1. The number of hydrogen-bond donors (Lipinski definition) is 2. The summed E-state index contributed by atoms with van der Waals surface area (Å²) in [5.74, 6) is -1.31. The summed E-state index contributed by atoms with van der Waals surface area (Å²) in [6, 6.07) is 6.20. The van der Waals surface area contributed by atoms with Gasteiger partial charge in [-0.1, -0.05) is 19.1 Å². The summed E-state index contributed by atoms with van der Waals surface area (Å²) in [7, 11) is 0. The lowest BCUT2D eigenvalue weighted by atomic mass is 10.0. The van der Waals surface area contributed by atoms with E-state index < -0.39 is 5.97 Å². The molecule has 0 aliphatic carbocycles. The molecule has 0 aliphatic heterocycles. The number of anilines is 1. The summed E-state index contributed by atoms with van der Waals surface area (Å²) in [6.45, 7) is 6.18. The Morgan fingerprint density at radius 2 is 1.96 bits per heavy atom. The van der Waals surface area contributed by atoms with Crippen LogP contribution in [0.5, 0.6) is 0 Å². The first-order valence-corrected chi connectivity index (χ1v) is 8.31. The third kappa shape index (κ3) is 4.39. The van der Waals surface area contributed by atoms with Crippen molar-refractivity contribution in [2.45, 2.75) is 40.0 Å². The molecule has 23 heavy (non-hydrogen) atoms. The Hall–Kier alpha value is -2.21. The normalized spacial score (nSPS) is 10.6. The van der Waals surface area contributed by atoms with Crippen LogP contribution < -0.4 is 5.32 Å². The summed E-state index contributed by atoms with van der Waals surface area (Å²) in [5, 5.41) is 11.8. The minimum Gasteiger partial charge on any atom is -0.481 e. The standard InChI is InChI=1S/C17H20N2O3S/c1-4-13-16(12-6-5-10(2)11(3)9-12)19-17(23-13)18-14(20)7-8-15(21)22/h5-6,9H,4,7-8H2,1-3H3,(H,21,22)(H,18,19,20). The molecule has 0 saturated heterocycles. The smallest absolute Gasteiger partial charge is 0.303 e. The van der Waals surface area contributed by atoms with Crippen molar-refractivity contribution in [3.8, 4) is 11.3 Å². The lowest BCUT2D eigenvalue weighted by molar-refractivity contribution is -0.138. The topological polar surface area (TPSA) is 79.3 Å². The van der Waals surface area contributed by atoms with Crippen molar-refractivity contribution in [2.75, 3.05) is 5.32 Å². The van der Waals surface area contributed by atoms with Crippen molar-refractivity contribution in [3.05, 3.63) is 34.2 Å². The highest BCUT2D eigenvalue weighted by Crippen LogP contribution is 2.32. The van der Waals surface area contributed by atoms with Crippen LogP contribution in [0, 0.1) is 13.8 Å². The van der Waals surface area contributed by atoms with E-state index in [0.29, 0.717) is 5.13 Å². The summed E-state index contributed by atoms with van der Waals surface area (Å²) < 4.78 is 0. The Bertz CT molecular complexity index is 737. The first-order valence-electron chi connectivity index (χ1n) is 7.49. The van der Waals surface area contributed by atoms with Crippen molar-refractivity contribution in [1.82, 2.24) is 4.98 Å². The second-order valence-electron chi connectivity index (χ2n) is 5.39. The molecular formula is C17H20N2O3S. The molecule has 0 saturated carbocycles. The molecule has 1 heterocycles. The fraction of sp³-hybridized carbons (Fsp3) is 0.353. The van der Waals surface area contributed by atoms with E-state index >= 15 is 0 Å². The number of nitrogens with zero attached hydrogens (tertiary/aromatic N) is 1. The molecule has 1 aromatic carbocycles. The lowest BCUT2D eigenvalue weighted by Gasteiger charge is -2.04. The van der Waals surface area contributed by atoms with Crippen LogP contribution in [0.15, 0.2) is 18.2 Å². The number of carbonyl (C=O) groups is 2. The quantitative estimate of drug-likeness (QED) is 0.843. The molecule has 0 radical (unpaired) electrons. The number of carboxylic acids is 1. The van der Waals surface area contributed by atoms with Gasteiger partial charge in [0.1, 0.15) is 0 Å². The average molecular weight is 332 g/mol. The van der Waals surface area contributed by atoms with Gasteiger partial charge in [0.15, 0.2) is 5.13 Å². The molecule has 1 aromatic heterocycles. The number of rotatable bonds is 6. The van der Waals surface area contributed by atoms with Crippen LogP contribution in [0.1, 0.15) is 35.8 Å². The highest BCUT2D eigenvalue weighted by molar-refractivity contribution is 7.16.